The van der Waals surface area contributed by atoms with Gasteiger partial charge in [0.25, 0.3) is 0 Å². The Hall–Kier alpha value is -0.0900. The highest BCUT2D eigenvalue weighted by molar-refractivity contribution is 7.91. The first-order valence-corrected chi connectivity index (χ1v) is 9.31. The number of nitrogens with one attached hydrogen (secondary N) is 1. The number of rotatable bonds is 5. The molecule has 5 unspecified atom stereocenters. The van der Waals surface area contributed by atoms with E-state index in [-0.39, 0.29) is 5.25 Å². The minimum absolute atomic E-state index is 0.0912. The van der Waals surface area contributed by atoms with E-state index in [4.69, 9.17) is 0 Å². The molecule has 2 rings (SSSR count). The average Bonchev–Trinajstić information content (AvgIpc) is 3.02. The van der Waals surface area contributed by atoms with Crippen molar-refractivity contribution < 1.29 is 8.42 Å². The maximum atomic E-state index is 11.7. The summed E-state index contributed by atoms with van der Waals surface area (Å²) < 4.78 is 23.5. The van der Waals surface area contributed by atoms with E-state index in [1.165, 1.54) is 19.1 Å². The molecule has 0 aromatic rings. The standard InChI is InChI=1S/C14H27NO2S/c1-4-15-14(13-8-10(13)2)11-6-5-7-12(9-11)18(3,16)17/h10-15H,4-9H2,1-3H3. The van der Waals surface area contributed by atoms with Crippen molar-refractivity contribution in [3.05, 3.63) is 0 Å². The van der Waals surface area contributed by atoms with Crippen LogP contribution in [0.4, 0.5) is 0 Å². The molecule has 2 saturated carbocycles. The van der Waals surface area contributed by atoms with Gasteiger partial charge in [-0.1, -0.05) is 20.3 Å². The maximum Gasteiger partial charge on any atom is 0.150 e. The third kappa shape index (κ3) is 3.27. The minimum atomic E-state index is -2.85. The van der Waals surface area contributed by atoms with Crippen molar-refractivity contribution in [1.82, 2.24) is 5.32 Å². The summed E-state index contributed by atoms with van der Waals surface area (Å²) in [5.74, 6) is 2.18. The van der Waals surface area contributed by atoms with E-state index in [0.717, 1.165) is 37.6 Å². The first-order valence-electron chi connectivity index (χ1n) is 7.35. The minimum Gasteiger partial charge on any atom is -0.314 e. The van der Waals surface area contributed by atoms with Crippen molar-refractivity contribution in [1.29, 1.82) is 0 Å². The molecule has 2 aliphatic carbocycles. The van der Waals surface area contributed by atoms with E-state index >= 15 is 0 Å². The van der Waals surface area contributed by atoms with Crippen molar-refractivity contribution in [2.45, 2.75) is 57.2 Å². The number of sulfone groups is 1. The van der Waals surface area contributed by atoms with E-state index in [1.807, 2.05) is 0 Å². The fourth-order valence-corrected chi connectivity index (χ4v) is 4.84. The van der Waals surface area contributed by atoms with Gasteiger partial charge in [-0.05, 0) is 50.0 Å². The molecule has 1 N–H and O–H groups in total. The molecule has 2 fully saturated rings. The fraction of sp³-hybridized carbons (Fsp3) is 1.00. The lowest BCUT2D eigenvalue weighted by atomic mass is 9.81. The molecule has 2 aliphatic rings. The second-order valence-corrected chi connectivity index (χ2v) is 8.66. The molecule has 0 amide bonds. The lowest BCUT2D eigenvalue weighted by Gasteiger charge is -2.34. The molecule has 0 aromatic carbocycles. The highest BCUT2D eigenvalue weighted by Crippen LogP contribution is 2.45. The summed E-state index contributed by atoms with van der Waals surface area (Å²) in [6.07, 6.45) is 6.74. The van der Waals surface area contributed by atoms with Crippen molar-refractivity contribution in [3.63, 3.8) is 0 Å². The Balaban J connectivity index is 2.02. The van der Waals surface area contributed by atoms with Gasteiger partial charge in [-0.3, -0.25) is 0 Å². The highest BCUT2D eigenvalue weighted by Gasteiger charge is 2.44. The Bertz CT molecular complexity index is 379. The van der Waals surface area contributed by atoms with Gasteiger partial charge in [0.15, 0.2) is 0 Å². The molecule has 106 valence electrons. The third-order valence-electron chi connectivity index (χ3n) is 4.85. The Morgan fingerprint density at radius 3 is 2.44 bits per heavy atom. The van der Waals surface area contributed by atoms with Crippen LogP contribution in [-0.2, 0) is 9.84 Å². The Labute approximate surface area is 112 Å². The first kappa shape index (κ1) is 14.3. The fourth-order valence-electron chi connectivity index (χ4n) is 3.65. The molecule has 0 saturated heterocycles. The van der Waals surface area contributed by atoms with Crippen molar-refractivity contribution >= 4 is 9.84 Å². The zero-order chi connectivity index (χ0) is 13.3. The van der Waals surface area contributed by atoms with E-state index in [1.54, 1.807) is 0 Å². The first-order chi connectivity index (χ1) is 8.43. The Kier molecular flexibility index (Phi) is 4.37. The van der Waals surface area contributed by atoms with Crippen LogP contribution in [-0.4, -0.2) is 32.5 Å². The summed E-state index contributed by atoms with van der Waals surface area (Å²) in [5, 5.41) is 3.53. The summed E-state index contributed by atoms with van der Waals surface area (Å²) >= 11 is 0. The SMILES string of the molecule is CCNC(C1CCCC(S(C)(=O)=O)C1)C1CC1C. The summed E-state index contributed by atoms with van der Waals surface area (Å²) in [4.78, 5) is 0. The summed E-state index contributed by atoms with van der Waals surface area (Å²) in [7, 11) is -2.85. The van der Waals surface area contributed by atoms with E-state index in [9.17, 15) is 8.42 Å². The van der Waals surface area contributed by atoms with Crippen LogP contribution in [0.3, 0.4) is 0 Å². The molecule has 18 heavy (non-hydrogen) atoms. The Morgan fingerprint density at radius 1 is 1.28 bits per heavy atom. The summed E-state index contributed by atoms with van der Waals surface area (Å²) in [6.45, 7) is 5.46. The quantitative estimate of drug-likeness (QED) is 0.835. The van der Waals surface area contributed by atoms with Gasteiger partial charge >= 0.3 is 0 Å². The van der Waals surface area contributed by atoms with Gasteiger partial charge in [0.05, 0.1) is 5.25 Å². The predicted octanol–water partition coefficient (Wildman–Crippen LogP) is 2.22. The van der Waals surface area contributed by atoms with Crippen LogP contribution in [0.1, 0.15) is 46.0 Å². The largest absolute Gasteiger partial charge is 0.314 e. The molecule has 0 radical (unpaired) electrons. The molecule has 0 bridgehead atoms. The molecule has 0 aromatic heterocycles. The molecule has 0 heterocycles. The average molecular weight is 273 g/mol. The van der Waals surface area contributed by atoms with Crippen LogP contribution < -0.4 is 5.32 Å². The molecule has 0 spiro atoms. The van der Waals surface area contributed by atoms with E-state index in [0.29, 0.717) is 12.0 Å². The lowest BCUT2D eigenvalue weighted by Crippen LogP contribution is -2.42. The molecular weight excluding hydrogens is 246 g/mol. The molecule has 0 aliphatic heterocycles. The monoisotopic (exact) mass is 273 g/mol. The predicted molar refractivity (Wildman–Crippen MR) is 75.3 cm³/mol. The van der Waals surface area contributed by atoms with Crippen LogP contribution in [0.2, 0.25) is 0 Å². The van der Waals surface area contributed by atoms with Crippen molar-refractivity contribution in [2.75, 3.05) is 12.8 Å². The molecule has 3 nitrogen and oxygen atoms in total. The smallest absolute Gasteiger partial charge is 0.150 e. The second-order valence-electron chi connectivity index (χ2n) is 6.34. The normalized spacial score (nSPS) is 38.4. The van der Waals surface area contributed by atoms with Crippen LogP contribution in [0.15, 0.2) is 0 Å². The zero-order valence-electron chi connectivity index (χ0n) is 11.9. The van der Waals surface area contributed by atoms with Gasteiger partial charge in [-0.15, -0.1) is 0 Å². The number of hydrogen-bond donors (Lipinski definition) is 1. The maximum absolute atomic E-state index is 11.7. The van der Waals surface area contributed by atoms with Gasteiger partial charge < -0.3 is 5.32 Å². The van der Waals surface area contributed by atoms with E-state index in [2.05, 4.69) is 19.2 Å². The number of hydrogen-bond acceptors (Lipinski definition) is 3. The molecule has 4 heteroatoms. The third-order valence-corrected chi connectivity index (χ3v) is 6.49. The van der Waals surface area contributed by atoms with Crippen LogP contribution >= 0.6 is 0 Å². The van der Waals surface area contributed by atoms with Crippen molar-refractivity contribution in [2.24, 2.45) is 17.8 Å². The van der Waals surface area contributed by atoms with Gasteiger partial charge in [0, 0.05) is 12.3 Å². The van der Waals surface area contributed by atoms with Crippen LogP contribution in [0.5, 0.6) is 0 Å². The highest BCUT2D eigenvalue weighted by atomic mass is 32.2. The molecule has 5 atom stereocenters. The van der Waals surface area contributed by atoms with Gasteiger partial charge in [0.2, 0.25) is 0 Å². The lowest BCUT2D eigenvalue weighted by molar-refractivity contribution is 0.246. The summed E-state index contributed by atoms with van der Waals surface area (Å²) in [6, 6.07) is 0.551. The van der Waals surface area contributed by atoms with Gasteiger partial charge in [0.1, 0.15) is 9.84 Å². The van der Waals surface area contributed by atoms with Crippen molar-refractivity contribution in [3.8, 4) is 0 Å². The van der Waals surface area contributed by atoms with Crippen LogP contribution in [0.25, 0.3) is 0 Å². The topological polar surface area (TPSA) is 46.2 Å². The van der Waals surface area contributed by atoms with Gasteiger partial charge in [-0.2, -0.15) is 0 Å². The van der Waals surface area contributed by atoms with E-state index < -0.39 is 9.84 Å². The Morgan fingerprint density at radius 2 is 1.94 bits per heavy atom. The van der Waals surface area contributed by atoms with Gasteiger partial charge in [-0.25, -0.2) is 8.42 Å². The van der Waals surface area contributed by atoms with Crippen LogP contribution in [0, 0.1) is 17.8 Å². The zero-order valence-corrected chi connectivity index (χ0v) is 12.7. The second kappa shape index (κ2) is 5.49. The molecular formula is C14H27NO2S. The summed E-state index contributed by atoms with van der Waals surface area (Å²) in [5.41, 5.74) is 0.